The molecule has 0 saturated carbocycles. The van der Waals surface area contributed by atoms with Gasteiger partial charge in [0.15, 0.2) is 0 Å². The first-order valence-corrected chi connectivity index (χ1v) is 7.56. The Balaban J connectivity index is 2.03. The van der Waals surface area contributed by atoms with Crippen LogP contribution in [0, 0.1) is 11.2 Å². The van der Waals surface area contributed by atoms with Crippen molar-refractivity contribution in [2.45, 2.75) is 32.4 Å². The van der Waals surface area contributed by atoms with Crippen molar-refractivity contribution in [2.24, 2.45) is 5.73 Å². The number of nitrogens with two attached hydrogens (primary N) is 1. The first-order chi connectivity index (χ1) is 10.0. The molecule has 1 saturated heterocycles. The van der Waals surface area contributed by atoms with E-state index < -0.39 is 0 Å². The molecule has 1 aromatic carbocycles. The minimum Gasteiger partial charge on any atom is -0.384 e. The van der Waals surface area contributed by atoms with E-state index >= 15 is 0 Å². The minimum atomic E-state index is -0.345. The van der Waals surface area contributed by atoms with Crippen LogP contribution in [0.2, 0.25) is 0 Å². The van der Waals surface area contributed by atoms with Crippen LogP contribution in [0.3, 0.4) is 0 Å². The number of hydrogen-bond donors (Lipinski definition) is 2. The van der Waals surface area contributed by atoms with Crippen molar-refractivity contribution in [2.75, 3.05) is 26.7 Å². The maximum Gasteiger partial charge on any atom is 0.123 e. The molecule has 3 N–H and O–H groups in total. The first-order valence-electron chi connectivity index (χ1n) is 7.56. The van der Waals surface area contributed by atoms with Crippen LogP contribution in [-0.2, 0) is 6.54 Å². The summed E-state index contributed by atoms with van der Waals surface area (Å²) in [6, 6.07) is 5.07. The van der Waals surface area contributed by atoms with Crippen LogP contribution in [0.5, 0.6) is 0 Å². The van der Waals surface area contributed by atoms with E-state index in [0.29, 0.717) is 18.2 Å². The molecule has 1 aliphatic rings. The van der Waals surface area contributed by atoms with E-state index in [0.717, 1.165) is 38.0 Å². The molecule has 5 heteroatoms. The summed E-state index contributed by atoms with van der Waals surface area (Å²) in [5.74, 6) is -0.415. The highest BCUT2D eigenvalue weighted by Crippen LogP contribution is 2.19. The number of likely N-dealkylation sites (tertiary alicyclic amines) is 1. The van der Waals surface area contributed by atoms with Crippen LogP contribution in [0.1, 0.15) is 30.9 Å². The second kappa shape index (κ2) is 7.00. The highest BCUT2D eigenvalue weighted by molar-refractivity contribution is 5.96. The number of nitrogens with zero attached hydrogens (tertiary/aromatic N) is 2. The van der Waals surface area contributed by atoms with Crippen molar-refractivity contribution in [3.8, 4) is 0 Å². The van der Waals surface area contributed by atoms with Crippen molar-refractivity contribution in [1.82, 2.24) is 9.80 Å². The van der Waals surface area contributed by atoms with Gasteiger partial charge >= 0.3 is 0 Å². The lowest BCUT2D eigenvalue weighted by Crippen LogP contribution is -2.43. The molecule has 0 radical (unpaired) electrons. The van der Waals surface area contributed by atoms with Crippen molar-refractivity contribution >= 4 is 5.84 Å². The van der Waals surface area contributed by atoms with E-state index in [1.165, 1.54) is 12.1 Å². The predicted molar refractivity (Wildman–Crippen MR) is 84.0 cm³/mol. The maximum absolute atomic E-state index is 13.3. The number of rotatable bonds is 5. The van der Waals surface area contributed by atoms with Crippen LogP contribution in [0.4, 0.5) is 4.39 Å². The summed E-state index contributed by atoms with van der Waals surface area (Å²) in [5, 5.41) is 7.60. The van der Waals surface area contributed by atoms with Crippen LogP contribution in [0.25, 0.3) is 0 Å². The van der Waals surface area contributed by atoms with Gasteiger partial charge in [0.1, 0.15) is 11.7 Å². The number of nitrogen functional groups attached to an aromatic ring is 1. The SMILES string of the molecule is CCN1CCC(N(C)Cc2ccc(F)cc2C(=N)N)CC1. The first kappa shape index (κ1) is 15.9. The number of amidine groups is 1. The standard InChI is InChI=1S/C16H25FN4/c1-3-21-8-6-14(7-9-21)20(2)11-12-4-5-13(17)10-15(12)16(18)19/h4-5,10,14H,3,6-9,11H2,1-2H3,(H3,18,19). The number of halogens is 1. The van der Waals surface area contributed by atoms with Gasteiger partial charge in [0.2, 0.25) is 0 Å². The van der Waals surface area contributed by atoms with Gasteiger partial charge in [0.05, 0.1) is 0 Å². The molecule has 4 nitrogen and oxygen atoms in total. The molecule has 1 aliphatic heterocycles. The Morgan fingerprint density at radius 2 is 2.10 bits per heavy atom. The summed E-state index contributed by atoms with van der Waals surface area (Å²) in [5.41, 5.74) is 6.99. The predicted octanol–water partition coefficient (Wildman–Crippen LogP) is 2.03. The summed E-state index contributed by atoms with van der Waals surface area (Å²) in [6.45, 7) is 6.28. The molecule has 0 aromatic heterocycles. The van der Waals surface area contributed by atoms with Crippen molar-refractivity contribution < 1.29 is 4.39 Å². The van der Waals surface area contributed by atoms with Crippen molar-refractivity contribution in [1.29, 1.82) is 5.41 Å². The van der Waals surface area contributed by atoms with E-state index in [2.05, 4.69) is 23.8 Å². The molecule has 0 atom stereocenters. The molecular formula is C16H25FN4. The molecule has 0 aliphatic carbocycles. The Morgan fingerprint density at radius 3 is 2.67 bits per heavy atom. The lowest BCUT2D eigenvalue weighted by atomic mass is 10.0. The van der Waals surface area contributed by atoms with Gasteiger partial charge in [-0.2, -0.15) is 0 Å². The number of nitrogens with one attached hydrogen (secondary N) is 1. The fraction of sp³-hybridized carbons (Fsp3) is 0.562. The Bertz CT molecular complexity index is 495. The Kier molecular flexibility index (Phi) is 5.31. The van der Waals surface area contributed by atoms with Gasteiger partial charge < -0.3 is 10.6 Å². The molecule has 0 bridgehead atoms. The molecule has 0 amide bonds. The molecular weight excluding hydrogens is 267 g/mol. The van der Waals surface area contributed by atoms with E-state index in [9.17, 15) is 4.39 Å². The van der Waals surface area contributed by atoms with Gasteiger partial charge in [-0.25, -0.2) is 4.39 Å². The van der Waals surface area contributed by atoms with Crippen LogP contribution in [0.15, 0.2) is 18.2 Å². The lowest BCUT2D eigenvalue weighted by molar-refractivity contribution is 0.127. The maximum atomic E-state index is 13.3. The highest BCUT2D eigenvalue weighted by Gasteiger charge is 2.22. The van der Waals surface area contributed by atoms with Gasteiger partial charge in [-0.3, -0.25) is 10.3 Å². The Hall–Kier alpha value is -1.46. The summed E-state index contributed by atoms with van der Waals surface area (Å²) in [4.78, 5) is 4.76. The van der Waals surface area contributed by atoms with Crippen LogP contribution in [-0.4, -0.2) is 48.4 Å². The Labute approximate surface area is 126 Å². The van der Waals surface area contributed by atoms with Crippen LogP contribution >= 0.6 is 0 Å². The molecule has 1 fully saturated rings. The minimum absolute atomic E-state index is 0.0706. The third-order valence-electron chi connectivity index (χ3n) is 4.41. The summed E-state index contributed by atoms with van der Waals surface area (Å²) in [7, 11) is 2.10. The monoisotopic (exact) mass is 292 g/mol. The Morgan fingerprint density at radius 1 is 1.43 bits per heavy atom. The molecule has 0 unspecified atom stereocenters. The number of benzene rings is 1. The van der Waals surface area contributed by atoms with Crippen LogP contribution < -0.4 is 5.73 Å². The smallest absolute Gasteiger partial charge is 0.123 e. The molecule has 116 valence electrons. The van der Waals surface area contributed by atoms with E-state index in [-0.39, 0.29) is 11.7 Å². The average Bonchev–Trinajstić information content (AvgIpc) is 2.49. The topological polar surface area (TPSA) is 56.4 Å². The quantitative estimate of drug-likeness (QED) is 0.645. The van der Waals surface area contributed by atoms with Crippen molar-refractivity contribution in [3.05, 3.63) is 35.1 Å². The molecule has 21 heavy (non-hydrogen) atoms. The summed E-state index contributed by atoms with van der Waals surface area (Å²) < 4.78 is 13.3. The highest BCUT2D eigenvalue weighted by atomic mass is 19.1. The van der Waals surface area contributed by atoms with Gasteiger partial charge in [0, 0.05) is 18.2 Å². The van der Waals surface area contributed by atoms with E-state index in [1.54, 1.807) is 6.07 Å². The fourth-order valence-electron chi connectivity index (χ4n) is 3.01. The molecule has 0 spiro atoms. The zero-order valence-electron chi connectivity index (χ0n) is 12.9. The lowest BCUT2D eigenvalue weighted by Gasteiger charge is -2.36. The zero-order valence-corrected chi connectivity index (χ0v) is 12.9. The van der Waals surface area contributed by atoms with Gasteiger partial charge in [-0.05, 0) is 57.2 Å². The normalized spacial score (nSPS) is 17.3. The van der Waals surface area contributed by atoms with Crippen molar-refractivity contribution in [3.63, 3.8) is 0 Å². The third kappa shape index (κ3) is 4.02. The van der Waals surface area contributed by atoms with Gasteiger partial charge in [-0.1, -0.05) is 13.0 Å². The molecule has 1 aromatic rings. The van der Waals surface area contributed by atoms with E-state index in [4.69, 9.17) is 11.1 Å². The van der Waals surface area contributed by atoms with E-state index in [1.807, 2.05) is 0 Å². The molecule has 2 rings (SSSR count). The van der Waals surface area contributed by atoms with Gasteiger partial charge in [-0.15, -0.1) is 0 Å². The molecule has 1 heterocycles. The summed E-state index contributed by atoms with van der Waals surface area (Å²) in [6.07, 6.45) is 2.31. The largest absolute Gasteiger partial charge is 0.384 e. The van der Waals surface area contributed by atoms with Gasteiger partial charge in [0.25, 0.3) is 0 Å². The second-order valence-electron chi connectivity index (χ2n) is 5.80. The fourth-order valence-corrected chi connectivity index (χ4v) is 3.01. The third-order valence-corrected chi connectivity index (χ3v) is 4.41. The summed E-state index contributed by atoms with van der Waals surface area (Å²) >= 11 is 0. The second-order valence-corrected chi connectivity index (χ2v) is 5.80. The zero-order chi connectivity index (χ0) is 15.4. The number of piperidine rings is 1. The average molecular weight is 292 g/mol. The number of hydrogen-bond acceptors (Lipinski definition) is 3.